The number of aromatic nitrogens is 1. The van der Waals surface area contributed by atoms with Crippen molar-refractivity contribution >= 4 is 19.5 Å². The molecule has 1 N–H and O–H groups in total. The highest BCUT2D eigenvalue weighted by Gasteiger charge is 2.36. The number of carboxylic acids is 1. The van der Waals surface area contributed by atoms with E-state index in [1.54, 1.807) is 19.2 Å². The molecular weight excluding hydrogens is 437 g/mol. The van der Waals surface area contributed by atoms with Crippen molar-refractivity contribution < 1.29 is 29.9 Å². The van der Waals surface area contributed by atoms with Crippen molar-refractivity contribution in [1.29, 1.82) is 0 Å². The van der Waals surface area contributed by atoms with Crippen LogP contribution in [0.15, 0.2) is 23.1 Å². The minimum Gasteiger partial charge on any atom is -0.493 e. The van der Waals surface area contributed by atoms with Crippen LogP contribution in [-0.4, -0.2) is 43.1 Å². The number of pyridine rings is 1. The Bertz CT molecular complexity index is 1110. The largest absolute Gasteiger partial charge is 0.493 e. The lowest BCUT2D eigenvalue weighted by molar-refractivity contribution is 0.0692. The molecule has 9 heteroatoms. The first-order valence-electron chi connectivity index (χ1n) is 10.5. The van der Waals surface area contributed by atoms with Crippen LogP contribution in [0.4, 0.5) is 4.39 Å². The van der Waals surface area contributed by atoms with Gasteiger partial charge in [0.25, 0.3) is 0 Å². The summed E-state index contributed by atoms with van der Waals surface area (Å²) in [6.45, 7) is 6.35. The quantitative estimate of drug-likeness (QED) is 0.618. The van der Waals surface area contributed by atoms with E-state index in [9.17, 15) is 16.1 Å². The number of aromatic carboxylic acids is 1. The molecule has 1 aliphatic rings. The predicted octanol–water partition coefficient (Wildman–Crippen LogP) is 4.03. The van der Waals surface area contributed by atoms with E-state index in [1.807, 2.05) is 20.8 Å². The summed E-state index contributed by atoms with van der Waals surface area (Å²) >= 11 is 0. The van der Waals surface area contributed by atoms with Gasteiger partial charge in [-0.15, -0.1) is 0 Å². The maximum absolute atomic E-state index is 15.4. The summed E-state index contributed by atoms with van der Waals surface area (Å²) in [6.07, 6.45) is 1.89. The maximum Gasteiger partial charge on any atom is 0.341 e. The summed E-state index contributed by atoms with van der Waals surface area (Å²) < 4.78 is 42.2. The van der Waals surface area contributed by atoms with E-state index in [0.717, 1.165) is 6.20 Å². The highest BCUT2D eigenvalue weighted by Crippen LogP contribution is 2.46. The zero-order valence-electron chi connectivity index (χ0n) is 19.9. The van der Waals surface area contributed by atoms with Gasteiger partial charge < -0.3 is 23.9 Å². The van der Waals surface area contributed by atoms with Gasteiger partial charge in [0.15, 0.2) is 17.3 Å². The Morgan fingerprint density at radius 3 is 2.53 bits per heavy atom. The molecule has 1 aromatic heterocycles. The molecule has 32 heavy (non-hydrogen) atoms. The van der Waals surface area contributed by atoms with Crippen LogP contribution in [0.25, 0.3) is 11.3 Å². The van der Waals surface area contributed by atoms with E-state index in [2.05, 4.69) is 0 Å². The van der Waals surface area contributed by atoms with E-state index in [-0.39, 0.29) is 25.6 Å². The predicted molar refractivity (Wildman–Crippen MR) is 124 cm³/mol. The van der Waals surface area contributed by atoms with Crippen LogP contribution in [-0.2, 0) is 11.2 Å². The maximum atomic E-state index is 15.4. The number of nitrogens with zero attached hydrogens (tertiary/aromatic N) is 1. The minimum absolute atomic E-state index is 0. The Hall–Kier alpha value is -2.52. The van der Waals surface area contributed by atoms with Gasteiger partial charge in [-0.2, -0.15) is 13.5 Å². The van der Waals surface area contributed by atoms with Crippen LogP contribution in [0.3, 0.4) is 0 Å². The summed E-state index contributed by atoms with van der Waals surface area (Å²) in [5, 5.41) is 9.41. The van der Waals surface area contributed by atoms with Gasteiger partial charge in [-0.25, -0.2) is 9.18 Å². The Labute approximate surface area is 195 Å². The molecule has 0 aliphatic carbocycles. The molecule has 2 heterocycles. The Morgan fingerprint density at radius 1 is 1.28 bits per heavy atom. The number of hydrogen-bond donors (Lipinski definition) is 1. The number of carbonyl (C=O) groups is 1. The molecule has 1 aliphatic heterocycles. The molecule has 0 radical (unpaired) electrons. The molecule has 2 aromatic rings. The minimum atomic E-state index is -1.54. The summed E-state index contributed by atoms with van der Waals surface area (Å²) in [5.41, 5.74) is -1.80. The van der Waals surface area contributed by atoms with Crippen molar-refractivity contribution in [3.05, 3.63) is 45.5 Å². The van der Waals surface area contributed by atoms with Gasteiger partial charge in [-0.1, -0.05) is 20.8 Å². The molecule has 0 fully saturated rings. The monoisotopic (exact) mass is 468 g/mol. The van der Waals surface area contributed by atoms with Crippen LogP contribution in [0.5, 0.6) is 11.5 Å². The molecule has 1 aromatic carbocycles. The Morgan fingerprint density at radius 2 is 1.97 bits per heavy atom. The third kappa shape index (κ3) is 4.78. The summed E-state index contributed by atoms with van der Waals surface area (Å²) in [7, 11) is 3.05. The van der Waals surface area contributed by atoms with E-state index in [0.29, 0.717) is 42.3 Å². The van der Waals surface area contributed by atoms with Crippen molar-refractivity contribution in [1.82, 2.24) is 4.57 Å². The fraction of sp³-hybridized carbons (Fsp3) is 0.478. The van der Waals surface area contributed by atoms with Crippen LogP contribution >= 0.6 is 13.5 Å². The molecule has 3 rings (SSSR count). The smallest absolute Gasteiger partial charge is 0.341 e. The van der Waals surface area contributed by atoms with Gasteiger partial charge in [0.1, 0.15) is 5.56 Å². The van der Waals surface area contributed by atoms with E-state index >= 15 is 4.39 Å². The van der Waals surface area contributed by atoms with E-state index < -0.39 is 34.2 Å². The standard InChI is InChI=1S/C23H28FNO6.H2S/c1-23(2,3)18-10-13-9-17(31-8-6-7-29-4)16(30-5)11-14(13)20-19(24)21(26)15(22(27)28)12-25(18)20;/h9,11-12,18H,6-8,10H2,1-5H3,(H,27,28);1H2/t18-;/m0./s1/i18D;. The second-order valence-electron chi connectivity index (χ2n) is 8.44. The molecule has 0 unspecified atom stereocenters. The third-order valence-corrected chi connectivity index (χ3v) is 5.29. The Balaban J connectivity index is 0.00000385. The van der Waals surface area contributed by atoms with Gasteiger partial charge in [0.2, 0.25) is 5.43 Å². The van der Waals surface area contributed by atoms with Gasteiger partial charge >= 0.3 is 5.97 Å². The average Bonchev–Trinajstić information content (AvgIpc) is 2.72. The van der Waals surface area contributed by atoms with Crippen molar-refractivity contribution in [3.8, 4) is 22.8 Å². The number of halogens is 1. The van der Waals surface area contributed by atoms with E-state index in [1.165, 1.54) is 11.7 Å². The molecule has 7 nitrogen and oxygen atoms in total. The average molecular weight is 469 g/mol. The van der Waals surface area contributed by atoms with Crippen molar-refractivity contribution in [2.24, 2.45) is 5.41 Å². The Kier molecular flexibility index (Phi) is 7.51. The molecule has 0 spiro atoms. The number of hydrogen-bond acceptors (Lipinski definition) is 5. The molecule has 0 bridgehead atoms. The molecule has 0 amide bonds. The topological polar surface area (TPSA) is 87.0 Å². The highest BCUT2D eigenvalue weighted by atomic mass is 32.1. The fourth-order valence-electron chi connectivity index (χ4n) is 3.72. The molecule has 0 saturated carbocycles. The zero-order valence-corrected chi connectivity index (χ0v) is 19.9. The van der Waals surface area contributed by atoms with E-state index in [4.69, 9.17) is 14.2 Å². The first-order chi connectivity index (χ1) is 15.0. The number of benzene rings is 1. The third-order valence-electron chi connectivity index (χ3n) is 5.29. The molecular formula is C23H30FNO6S. The van der Waals surface area contributed by atoms with Crippen molar-refractivity contribution in [2.75, 3.05) is 27.4 Å². The lowest BCUT2D eigenvalue weighted by Crippen LogP contribution is -2.34. The van der Waals surface area contributed by atoms with Gasteiger partial charge in [-0.3, -0.25) is 4.79 Å². The fourth-order valence-corrected chi connectivity index (χ4v) is 3.72. The normalized spacial score (nSPS) is 17.5. The van der Waals surface area contributed by atoms with Crippen LogP contribution in [0.2, 0.25) is 0 Å². The molecule has 176 valence electrons. The molecule has 1 atom stereocenters. The van der Waals surface area contributed by atoms with Crippen LogP contribution in [0, 0.1) is 11.2 Å². The SMILES string of the molecule is S.[2H][C@@]1(C(C)(C)C)Cc2cc(OCCCOC)c(OC)cc2-c2c(F)c(=O)c(C(=O)O)cn21. The van der Waals surface area contributed by atoms with Crippen LogP contribution in [0.1, 0.15) is 50.5 Å². The lowest BCUT2D eigenvalue weighted by Gasteiger charge is -2.39. The number of carboxylic acid groups (broad SMARTS) is 1. The first kappa shape index (κ1) is 24.1. The number of fused-ring (bicyclic) bond motifs is 3. The number of ether oxygens (including phenoxy) is 3. The lowest BCUT2D eigenvalue weighted by atomic mass is 9.78. The summed E-state index contributed by atoms with van der Waals surface area (Å²) in [5.74, 6) is -1.96. The number of rotatable bonds is 7. The van der Waals surface area contributed by atoms with Crippen LogP contribution < -0.4 is 14.9 Å². The number of methoxy groups -OCH3 is 2. The summed E-state index contributed by atoms with van der Waals surface area (Å²) in [4.78, 5) is 24.1. The molecule has 0 saturated heterocycles. The second-order valence-corrected chi connectivity index (χ2v) is 8.44. The first-order valence-corrected chi connectivity index (χ1v) is 9.98. The second kappa shape index (κ2) is 9.95. The van der Waals surface area contributed by atoms with Crippen molar-refractivity contribution in [2.45, 2.75) is 39.6 Å². The highest BCUT2D eigenvalue weighted by molar-refractivity contribution is 7.59. The van der Waals surface area contributed by atoms with Gasteiger partial charge in [0, 0.05) is 37.9 Å². The van der Waals surface area contributed by atoms with Gasteiger partial charge in [0.05, 0.1) is 20.8 Å². The zero-order chi connectivity index (χ0) is 23.8. The summed E-state index contributed by atoms with van der Waals surface area (Å²) in [6, 6.07) is 1.81. The van der Waals surface area contributed by atoms with Crippen molar-refractivity contribution in [3.63, 3.8) is 0 Å². The van der Waals surface area contributed by atoms with Gasteiger partial charge in [-0.05, 0) is 29.5 Å².